The Morgan fingerprint density at radius 1 is 1.10 bits per heavy atom. The van der Waals surface area contributed by atoms with Gasteiger partial charge in [-0.15, -0.1) is 0 Å². The molecule has 4 nitrogen and oxygen atoms in total. The van der Waals surface area contributed by atoms with Crippen molar-refractivity contribution >= 4 is 11.6 Å². The fraction of sp³-hybridized carbons (Fsp3) is 0.250. The van der Waals surface area contributed by atoms with Gasteiger partial charge in [-0.25, -0.2) is 0 Å². The van der Waals surface area contributed by atoms with E-state index in [2.05, 4.69) is 0 Å². The summed E-state index contributed by atoms with van der Waals surface area (Å²) in [6, 6.07) is 14.4. The van der Waals surface area contributed by atoms with Gasteiger partial charge in [0.25, 0.3) is 0 Å². The number of rotatable bonds is 6. The zero-order chi connectivity index (χ0) is 15.2. The molecule has 2 unspecified atom stereocenters. The molecule has 2 rings (SSSR count). The van der Waals surface area contributed by atoms with E-state index in [1.54, 1.807) is 31.4 Å². The highest BCUT2D eigenvalue weighted by atomic mass is 35.5. The number of benzene rings is 2. The van der Waals surface area contributed by atoms with Crippen molar-refractivity contribution in [3.63, 3.8) is 0 Å². The number of para-hydroxylation sites is 2. The van der Waals surface area contributed by atoms with Crippen LogP contribution in [0.15, 0.2) is 48.5 Å². The number of hydrogen-bond acceptors (Lipinski definition) is 4. The summed E-state index contributed by atoms with van der Waals surface area (Å²) >= 11 is 6.20. The smallest absolute Gasteiger partial charge is 0.162 e. The highest BCUT2D eigenvalue weighted by molar-refractivity contribution is 6.31. The fourth-order valence-corrected chi connectivity index (χ4v) is 2.27. The minimum Gasteiger partial charge on any atom is -0.493 e. The number of halogens is 1. The third-order valence-corrected chi connectivity index (χ3v) is 3.47. The summed E-state index contributed by atoms with van der Waals surface area (Å²) in [6.45, 7) is 0.0606. The quantitative estimate of drug-likeness (QED) is 0.861. The molecule has 3 N–H and O–H groups in total. The molecule has 2 aromatic carbocycles. The largest absolute Gasteiger partial charge is 0.493 e. The molecule has 0 saturated heterocycles. The Balaban J connectivity index is 2.36. The minimum absolute atomic E-state index is 0.0606. The van der Waals surface area contributed by atoms with Crippen LogP contribution in [0.4, 0.5) is 0 Å². The van der Waals surface area contributed by atoms with Crippen LogP contribution in [-0.2, 0) is 0 Å². The van der Waals surface area contributed by atoms with Crippen molar-refractivity contribution in [1.29, 1.82) is 0 Å². The third kappa shape index (κ3) is 3.67. The van der Waals surface area contributed by atoms with Gasteiger partial charge < -0.3 is 20.3 Å². The number of ether oxygens (including phenoxy) is 2. The molecule has 0 spiro atoms. The predicted molar refractivity (Wildman–Crippen MR) is 82.9 cm³/mol. The van der Waals surface area contributed by atoms with Crippen LogP contribution in [0.2, 0.25) is 5.02 Å². The van der Waals surface area contributed by atoms with Crippen molar-refractivity contribution < 1.29 is 14.6 Å². The second-order valence-corrected chi connectivity index (χ2v) is 4.92. The molecule has 0 aliphatic heterocycles. The van der Waals surface area contributed by atoms with E-state index in [9.17, 15) is 5.11 Å². The van der Waals surface area contributed by atoms with Gasteiger partial charge in [-0.05, 0) is 18.2 Å². The van der Waals surface area contributed by atoms with Gasteiger partial charge in [-0.1, -0.05) is 41.9 Å². The Bertz CT molecular complexity index is 591. The Kier molecular flexibility index (Phi) is 5.44. The molecule has 0 bridgehead atoms. The zero-order valence-corrected chi connectivity index (χ0v) is 12.5. The first kappa shape index (κ1) is 15.6. The zero-order valence-electron chi connectivity index (χ0n) is 11.7. The van der Waals surface area contributed by atoms with Gasteiger partial charge in [-0.2, -0.15) is 0 Å². The van der Waals surface area contributed by atoms with Gasteiger partial charge >= 0.3 is 0 Å². The first-order valence-corrected chi connectivity index (χ1v) is 6.97. The lowest BCUT2D eigenvalue weighted by Crippen LogP contribution is -2.31. The topological polar surface area (TPSA) is 64.7 Å². The summed E-state index contributed by atoms with van der Waals surface area (Å²) in [5.74, 6) is 1.11. The highest BCUT2D eigenvalue weighted by Gasteiger charge is 2.25. The molecule has 2 aromatic rings. The average molecular weight is 308 g/mol. The molecule has 21 heavy (non-hydrogen) atoms. The minimum atomic E-state index is -0.880. The van der Waals surface area contributed by atoms with Gasteiger partial charge in [0.15, 0.2) is 17.6 Å². The van der Waals surface area contributed by atoms with Crippen molar-refractivity contribution in [3.8, 4) is 11.5 Å². The molecular formula is C16H18ClNO3. The molecule has 0 radical (unpaired) electrons. The average Bonchev–Trinajstić information content (AvgIpc) is 2.53. The van der Waals surface area contributed by atoms with Crippen molar-refractivity contribution in [2.24, 2.45) is 5.73 Å². The van der Waals surface area contributed by atoms with Crippen LogP contribution >= 0.6 is 11.6 Å². The van der Waals surface area contributed by atoms with Crippen LogP contribution in [-0.4, -0.2) is 24.9 Å². The maximum absolute atomic E-state index is 10.2. The fourth-order valence-electron chi connectivity index (χ4n) is 2.03. The maximum Gasteiger partial charge on any atom is 0.162 e. The summed E-state index contributed by atoms with van der Waals surface area (Å²) in [5, 5.41) is 10.7. The van der Waals surface area contributed by atoms with E-state index < -0.39 is 12.2 Å². The van der Waals surface area contributed by atoms with Crippen molar-refractivity contribution in [2.45, 2.75) is 12.2 Å². The van der Waals surface area contributed by atoms with Gasteiger partial charge in [0.1, 0.15) is 6.10 Å². The van der Waals surface area contributed by atoms with Gasteiger partial charge in [0, 0.05) is 17.1 Å². The first-order chi connectivity index (χ1) is 10.2. The third-order valence-electron chi connectivity index (χ3n) is 3.13. The monoisotopic (exact) mass is 307 g/mol. The normalized spacial score (nSPS) is 13.5. The number of aliphatic hydroxyl groups excluding tert-OH is 1. The Morgan fingerprint density at radius 3 is 2.33 bits per heavy atom. The molecule has 2 atom stereocenters. The van der Waals surface area contributed by atoms with Crippen molar-refractivity contribution in [2.75, 3.05) is 13.7 Å². The van der Waals surface area contributed by atoms with E-state index >= 15 is 0 Å². The Hall–Kier alpha value is -1.75. The van der Waals surface area contributed by atoms with E-state index in [1.807, 2.05) is 24.3 Å². The van der Waals surface area contributed by atoms with Crippen molar-refractivity contribution in [1.82, 2.24) is 0 Å². The Morgan fingerprint density at radius 2 is 1.71 bits per heavy atom. The Labute approximate surface area is 129 Å². The summed E-state index contributed by atoms with van der Waals surface area (Å²) in [4.78, 5) is 0. The van der Waals surface area contributed by atoms with Crippen LogP contribution in [0.25, 0.3) is 0 Å². The molecule has 0 amide bonds. The number of hydrogen-bond donors (Lipinski definition) is 2. The summed E-state index contributed by atoms with van der Waals surface area (Å²) < 4.78 is 11.2. The number of aliphatic hydroxyl groups is 1. The molecular weight excluding hydrogens is 290 g/mol. The van der Waals surface area contributed by atoms with Gasteiger partial charge in [0.05, 0.1) is 7.11 Å². The van der Waals surface area contributed by atoms with Crippen LogP contribution in [0.1, 0.15) is 11.7 Å². The molecule has 5 heteroatoms. The molecule has 0 aliphatic carbocycles. The highest BCUT2D eigenvalue weighted by Crippen LogP contribution is 2.34. The van der Waals surface area contributed by atoms with E-state index in [-0.39, 0.29) is 6.54 Å². The second kappa shape index (κ2) is 7.31. The van der Waals surface area contributed by atoms with E-state index in [1.165, 1.54) is 0 Å². The standard InChI is InChI=1S/C16H18ClNO3/c1-20-14-8-4-5-9-15(14)21-16(13(19)10-18)11-6-2-3-7-12(11)17/h2-9,13,16,19H,10,18H2,1H3. The van der Waals surface area contributed by atoms with Crippen LogP contribution in [0, 0.1) is 0 Å². The van der Waals surface area contributed by atoms with Crippen molar-refractivity contribution in [3.05, 3.63) is 59.1 Å². The summed E-state index contributed by atoms with van der Waals surface area (Å²) in [7, 11) is 1.56. The molecule has 112 valence electrons. The second-order valence-electron chi connectivity index (χ2n) is 4.51. The van der Waals surface area contributed by atoms with E-state index in [0.717, 1.165) is 0 Å². The molecule has 0 aromatic heterocycles. The molecule has 0 saturated carbocycles. The lowest BCUT2D eigenvalue weighted by atomic mass is 10.0. The van der Waals surface area contributed by atoms with E-state index in [0.29, 0.717) is 22.1 Å². The van der Waals surface area contributed by atoms with Crippen LogP contribution in [0.3, 0.4) is 0 Å². The SMILES string of the molecule is COc1ccccc1OC(c1ccccc1Cl)C(O)CN. The summed E-state index contributed by atoms with van der Waals surface area (Å²) in [5.41, 5.74) is 6.26. The molecule has 0 fully saturated rings. The first-order valence-electron chi connectivity index (χ1n) is 6.59. The van der Waals surface area contributed by atoms with Crippen LogP contribution < -0.4 is 15.2 Å². The predicted octanol–water partition coefficient (Wildman–Crippen LogP) is 2.79. The van der Waals surface area contributed by atoms with Gasteiger partial charge in [0.2, 0.25) is 0 Å². The lowest BCUT2D eigenvalue weighted by Gasteiger charge is -2.25. The lowest BCUT2D eigenvalue weighted by molar-refractivity contribution is 0.0398. The maximum atomic E-state index is 10.2. The molecule has 0 aliphatic rings. The number of nitrogens with two attached hydrogens (primary N) is 1. The van der Waals surface area contributed by atoms with Gasteiger partial charge in [-0.3, -0.25) is 0 Å². The van der Waals surface area contributed by atoms with Crippen LogP contribution in [0.5, 0.6) is 11.5 Å². The van der Waals surface area contributed by atoms with E-state index in [4.69, 9.17) is 26.8 Å². The summed E-state index contributed by atoms with van der Waals surface area (Å²) in [6.07, 6.45) is -1.55. The molecule has 0 heterocycles. The number of methoxy groups -OCH3 is 1.